The average Bonchev–Trinajstić information content (AvgIpc) is 2.02. The highest BCUT2D eigenvalue weighted by molar-refractivity contribution is 4.92. The van der Waals surface area contributed by atoms with Gasteiger partial charge in [-0.2, -0.15) is 0 Å². The fourth-order valence-electron chi connectivity index (χ4n) is 3.25. The van der Waals surface area contributed by atoms with Crippen LogP contribution in [0.3, 0.4) is 0 Å². The van der Waals surface area contributed by atoms with Crippen LogP contribution < -0.4 is 0 Å². The Morgan fingerprint density at radius 3 is 2.14 bits per heavy atom. The van der Waals surface area contributed by atoms with Crippen molar-refractivity contribution in [2.45, 2.75) is 54.1 Å². The van der Waals surface area contributed by atoms with Gasteiger partial charge in [-0.15, -0.1) is 0 Å². The van der Waals surface area contributed by atoms with Gasteiger partial charge < -0.3 is 4.74 Å². The van der Waals surface area contributed by atoms with Gasteiger partial charge in [0.1, 0.15) is 0 Å². The number of hydrogen-bond donors (Lipinski definition) is 0. The van der Waals surface area contributed by atoms with Crippen molar-refractivity contribution < 1.29 is 4.74 Å². The van der Waals surface area contributed by atoms with Crippen molar-refractivity contribution in [1.82, 2.24) is 0 Å². The highest BCUT2D eigenvalue weighted by atomic mass is 16.5. The Morgan fingerprint density at radius 1 is 1.21 bits per heavy atom. The van der Waals surface area contributed by atoms with Crippen molar-refractivity contribution in [2.75, 3.05) is 6.61 Å². The van der Waals surface area contributed by atoms with Crippen LogP contribution in [0.1, 0.15) is 48.0 Å². The highest BCUT2D eigenvalue weighted by Gasteiger charge is 2.44. The second-order valence-corrected chi connectivity index (χ2v) is 5.76. The van der Waals surface area contributed by atoms with E-state index in [4.69, 9.17) is 4.74 Å². The van der Waals surface area contributed by atoms with Crippen LogP contribution in [0.5, 0.6) is 0 Å². The first-order chi connectivity index (χ1) is 6.39. The minimum atomic E-state index is 0.427. The maximum Gasteiger partial charge on any atom is 0.0582 e. The SMILES string of the molecule is CC(C)[C@@H]1[C@H](C)OCC[C@@]1(C)C(C)C. The lowest BCUT2D eigenvalue weighted by Gasteiger charge is -2.49. The lowest BCUT2D eigenvalue weighted by Crippen LogP contribution is -2.47. The zero-order chi connectivity index (χ0) is 10.9. The summed E-state index contributed by atoms with van der Waals surface area (Å²) in [6.07, 6.45) is 1.65. The molecule has 14 heavy (non-hydrogen) atoms. The fourth-order valence-corrected chi connectivity index (χ4v) is 3.25. The molecule has 0 aliphatic carbocycles. The van der Waals surface area contributed by atoms with Gasteiger partial charge in [-0.1, -0.05) is 34.6 Å². The molecule has 0 amide bonds. The van der Waals surface area contributed by atoms with E-state index in [1.54, 1.807) is 0 Å². The van der Waals surface area contributed by atoms with Gasteiger partial charge in [0.25, 0.3) is 0 Å². The zero-order valence-corrected chi connectivity index (χ0v) is 10.6. The third kappa shape index (κ3) is 1.98. The van der Waals surface area contributed by atoms with Crippen molar-refractivity contribution in [3.05, 3.63) is 0 Å². The molecule has 1 fully saturated rings. The maximum absolute atomic E-state index is 5.80. The minimum Gasteiger partial charge on any atom is -0.378 e. The van der Waals surface area contributed by atoms with E-state index in [-0.39, 0.29) is 0 Å². The Bertz CT molecular complexity index is 186. The summed E-state index contributed by atoms with van der Waals surface area (Å²) in [5.74, 6) is 2.18. The van der Waals surface area contributed by atoms with Gasteiger partial charge in [-0.05, 0) is 36.5 Å². The fraction of sp³-hybridized carbons (Fsp3) is 1.00. The van der Waals surface area contributed by atoms with Gasteiger partial charge in [0, 0.05) is 6.61 Å². The summed E-state index contributed by atoms with van der Waals surface area (Å²) in [5.41, 5.74) is 0.464. The molecule has 0 spiro atoms. The summed E-state index contributed by atoms with van der Waals surface area (Å²) >= 11 is 0. The van der Waals surface area contributed by atoms with Gasteiger partial charge in [0.2, 0.25) is 0 Å². The normalized spacial score (nSPS) is 39.4. The summed E-state index contributed by atoms with van der Waals surface area (Å²) in [4.78, 5) is 0. The first-order valence-corrected chi connectivity index (χ1v) is 6.01. The molecule has 0 radical (unpaired) electrons. The molecule has 0 aromatic rings. The van der Waals surface area contributed by atoms with Gasteiger partial charge in [0.15, 0.2) is 0 Å². The number of ether oxygens (including phenoxy) is 1. The topological polar surface area (TPSA) is 9.23 Å². The first-order valence-electron chi connectivity index (χ1n) is 6.01. The van der Waals surface area contributed by atoms with Crippen molar-refractivity contribution in [2.24, 2.45) is 23.2 Å². The van der Waals surface area contributed by atoms with Crippen LogP contribution in [0.4, 0.5) is 0 Å². The molecule has 0 unspecified atom stereocenters. The Hall–Kier alpha value is -0.0400. The maximum atomic E-state index is 5.80. The van der Waals surface area contributed by atoms with E-state index in [0.717, 1.165) is 18.4 Å². The van der Waals surface area contributed by atoms with Gasteiger partial charge in [-0.3, -0.25) is 0 Å². The Labute approximate surface area is 89.2 Å². The number of rotatable bonds is 2. The molecule has 1 aliphatic rings. The van der Waals surface area contributed by atoms with Crippen molar-refractivity contribution >= 4 is 0 Å². The van der Waals surface area contributed by atoms with E-state index >= 15 is 0 Å². The van der Waals surface area contributed by atoms with E-state index in [9.17, 15) is 0 Å². The molecule has 0 N–H and O–H groups in total. The third-order valence-electron chi connectivity index (χ3n) is 4.33. The molecule has 84 valence electrons. The molecule has 1 nitrogen and oxygen atoms in total. The molecule has 0 bridgehead atoms. The monoisotopic (exact) mass is 198 g/mol. The molecular weight excluding hydrogens is 172 g/mol. The largest absolute Gasteiger partial charge is 0.378 e. The molecule has 1 rings (SSSR count). The number of hydrogen-bond acceptors (Lipinski definition) is 1. The Kier molecular flexibility index (Phi) is 3.63. The van der Waals surface area contributed by atoms with Crippen LogP contribution >= 0.6 is 0 Å². The van der Waals surface area contributed by atoms with E-state index in [2.05, 4.69) is 41.5 Å². The van der Waals surface area contributed by atoms with Crippen LogP contribution in [0.2, 0.25) is 0 Å². The van der Waals surface area contributed by atoms with E-state index in [1.807, 2.05) is 0 Å². The van der Waals surface area contributed by atoms with Gasteiger partial charge >= 0.3 is 0 Å². The molecule has 1 saturated heterocycles. The molecule has 0 saturated carbocycles. The Balaban J connectivity index is 2.90. The molecule has 1 heterocycles. The first kappa shape index (κ1) is 12.0. The lowest BCUT2D eigenvalue weighted by atomic mass is 9.60. The van der Waals surface area contributed by atoms with Crippen LogP contribution in [0.15, 0.2) is 0 Å². The molecule has 1 heteroatoms. The second-order valence-electron chi connectivity index (χ2n) is 5.76. The average molecular weight is 198 g/mol. The minimum absolute atomic E-state index is 0.427. The smallest absolute Gasteiger partial charge is 0.0582 e. The molecular formula is C13H26O. The highest BCUT2D eigenvalue weighted by Crippen LogP contribution is 2.47. The second kappa shape index (κ2) is 4.22. The van der Waals surface area contributed by atoms with Gasteiger partial charge in [0.05, 0.1) is 6.10 Å². The predicted molar refractivity (Wildman–Crippen MR) is 61.3 cm³/mol. The summed E-state index contributed by atoms with van der Waals surface area (Å²) < 4.78 is 5.80. The lowest BCUT2D eigenvalue weighted by molar-refractivity contribution is -0.121. The van der Waals surface area contributed by atoms with Crippen LogP contribution in [0, 0.1) is 23.2 Å². The molecule has 0 aromatic carbocycles. The quantitative estimate of drug-likeness (QED) is 0.657. The van der Waals surface area contributed by atoms with Crippen molar-refractivity contribution in [3.8, 4) is 0 Å². The molecule has 3 atom stereocenters. The van der Waals surface area contributed by atoms with Crippen molar-refractivity contribution in [3.63, 3.8) is 0 Å². The molecule has 1 aliphatic heterocycles. The van der Waals surface area contributed by atoms with E-state index < -0.39 is 0 Å². The standard InChI is InChI=1S/C13H26O/c1-9(2)12-11(5)14-8-7-13(12,6)10(3)4/h9-12H,7-8H2,1-6H3/t11-,12+,13-/m0/s1. The van der Waals surface area contributed by atoms with Crippen molar-refractivity contribution in [1.29, 1.82) is 0 Å². The molecule has 0 aromatic heterocycles. The Morgan fingerprint density at radius 2 is 1.79 bits per heavy atom. The summed E-state index contributed by atoms with van der Waals surface area (Å²) in [5, 5.41) is 0. The van der Waals surface area contributed by atoms with E-state index in [1.165, 1.54) is 6.42 Å². The predicted octanol–water partition coefficient (Wildman–Crippen LogP) is 3.73. The van der Waals surface area contributed by atoms with E-state index in [0.29, 0.717) is 17.4 Å². The van der Waals surface area contributed by atoms with Crippen LogP contribution in [-0.4, -0.2) is 12.7 Å². The van der Waals surface area contributed by atoms with Crippen LogP contribution in [-0.2, 0) is 4.74 Å². The summed E-state index contributed by atoms with van der Waals surface area (Å²) in [6.45, 7) is 15.0. The third-order valence-corrected chi connectivity index (χ3v) is 4.33. The summed E-state index contributed by atoms with van der Waals surface area (Å²) in [6, 6.07) is 0. The summed E-state index contributed by atoms with van der Waals surface area (Å²) in [7, 11) is 0. The van der Waals surface area contributed by atoms with Crippen LogP contribution in [0.25, 0.3) is 0 Å². The zero-order valence-electron chi connectivity index (χ0n) is 10.6. The van der Waals surface area contributed by atoms with Gasteiger partial charge in [-0.25, -0.2) is 0 Å².